The average molecular weight is 623 g/mol. The van der Waals surface area contributed by atoms with E-state index in [1.807, 2.05) is 13.8 Å². The van der Waals surface area contributed by atoms with Gasteiger partial charge in [0, 0.05) is 13.5 Å². The van der Waals surface area contributed by atoms with Crippen LogP contribution in [0.2, 0.25) is 67.5 Å². The molecule has 0 spiro atoms. The Morgan fingerprint density at radius 1 is 0.650 bits per heavy atom. The normalized spacial score (nSPS) is 14.3. The van der Waals surface area contributed by atoms with Crippen molar-refractivity contribution in [1.29, 1.82) is 0 Å². The summed E-state index contributed by atoms with van der Waals surface area (Å²) < 4.78 is 94.2. The lowest BCUT2D eigenvalue weighted by atomic mass is 10.1. The number of hydrogen-bond donors (Lipinski definition) is 0. The first kappa shape index (κ1) is 34.9. The highest BCUT2D eigenvalue weighted by atomic mass is 28.4. The standard InChI is InChI=1S/C30H48F6OSi3/c1-9-39(10-2,11-3)16-14-12-13-15-17-40(21(4)5,19-18-38(6,7)8)37-30-25(32)22-20-23(31)26(33)27(34)24(22)28(35)29(30)36/h20-21H,9-19H2,1-8H3. The van der Waals surface area contributed by atoms with Gasteiger partial charge in [0.05, 0.1) is 13.5 Å². The molecule has 0 aliphatic rings. The van der Waals surface area contributed by atoms with Gasteiger partial charge in [-0.3, -0.25) is 0 Å². The monoisotopic (exact) mass is 622 g/mol. The van der Waals surface area contributed by atoms with Crippen molar-refractivity contribution in [2.75, 3.05) is 0 Å². The van der Waals surface area contributed by atoms with Crippen molar-refractivity contribution < 1.29 is 30.8 Å². The predicted octanol–water partition coefficient (Wildman–Crippen LogP) is 11.8. The van der Waals surface area contributed by atoms with Gasteiger partial charge in [0.15, 0.2) is 34.8 Å². The number of rotatable bonds is 16. The van der Waals surface area contributed by atoms with Gasteiger partial charge in [0.1, 0.15) is 0 Å². The van der Waals surface area contributed by atoms with Crippen LogP contribution in [0.4, 0.5) is 26.3 Å². The van der Waals surface area contributed by atoms with Crippen LogP contribution in [0.15, 0.2) is 6.07 Å². The molecule has 0 heterocycles. The molecular weight excluding hydrogens is 575 g/mol. The first-order valence-electron chi connectivity index (χ1n) is 14.9. The quantitative estimate of drug-likeness (QED) is 0.0595. The van der Waals surface area contributed by atoms with E-state index in [0.29, 0.717) is 18.2 Å². The van der Waals surface area contributed by atoms with E-state index >= 15 is 13.2 Å². The van der Waals surface area contributed by atoms with Gasteiger partial charge in [-0.05, 0) is 23.7 Å². The van der Waals surface area contributed by atoms with E-state index in [-0.39, 0.29) is 5.54 Å². The summed E-state index contributed by atoms with van der Waals surface area (Å²) in [6, 6.07) is 7.76. The fraction of sp³-hybridized carbons (Fsp3) is 0.667. The summed E-state index contributed by atoms with van der Waals surface area (Å²) in [6.45, 7) is 17.5. The van der Waals surface area contributed by atoms with E-state index in [1.54, 1.807) is 0 Å². The molecule has 0 aliphatic carbocycles. The van der Waals surface area contributed by atoms with Crippen LogP contribution < -0.4 is 4.43 Å². The summed E-state index contributed by atoms with van der Waals surface area (Å²) in [6.07, 6.45) is 4.08. The molecule has 2 aromatic rings. The number of halogens is 6. The zero-order valence-corrected chi connectivity index (χ0v) is 28.6. The molecular formula is C30H48F6OSi3. The molecule has 0 amide bonds. The highest BCUT2D eigenvalue weighted by Crippen LogP contribution is 2.42. The Morgan fingerprint density at radius 3 is 1.68 bits per heavy atom. The molecule has 0 radical (unpaired) electrons. The number of unbranched alkanes of at least 4 members (excludes halogenated alkanes) is 3. The molecule has 1 unspecified atom stereocenters. The molecule has 228 valence electrons. The second-order valence-electron chi connectivity index (χ2n) is 13.0. The number of fused-ring (bicyclic) bond motifs is 1. The van der Waals surface area contributed by atoms with Gasteiger partial charge < -0.3 is 4.43 Å². The molecule has 0 bridgehead atoms. The first-order chi connectivity index (χ1) is 18.6. The molecule has 0 fully saturated rings. The zero-order chi connectivity index (χ0) is 30.5. The minimum absolute atomic E-state index is 0.0385. The van der Waals surface area contributed by atoms with Crippen LogP contribution in [-0.2, 0) is 0 Å². The Labute approximate surface area is 240 Å². The van der Waals surface area contributed by atoms with E-state index in [0.717, 1.165) is 25.3 Å². The third-order valence-corrected chi connectivity index (χ3v) is 22.3. The molecule has 1 atom stereocenters. The minimum atomic E-state index is -2.92. The van der Waals surface area contributed by atoms with Gasteiger partial charge in [-0.25, -0.2) is 22.0 Å². The third-order valence-electron chi connectivity index (χ3n) is 9.17. The molecule has 2 aromatic carbocycles. The summed E-state index contributed by atoms with van der Waals surface area (Å²) in [7, 11) is -5.66. The van der Waals surface area contributed by atoms with Crippen LogP contribution in [0, 0.1) is 34.9 Å². The lowest BCUT2D eigenvalue weighted by Crippen LogP contribution is -2.46. The van der Waals surface area contributed by atoms with Crippen LogP contribution in [0.3, 0.4) is 0 Å². The molecule has 0 N–H and O–H groups in total. The zero-order valence-electron chi connectivity index (χ0n) is 25.6. The highest BCUT2D eigenvalue weighted by molar-refractivity contribution is 6.81. The van der Waals surface area contributed by atoms with Crippen molar-refractivity contribution in [2.45, 2.75) is 128 Å². The van der Waals surface area contributed by atoms with Gasteiger partial charge in [0.2, 0.25) is 5.82 Å². The van der Waals surface area contributed by atoms with Crippen molar-refractivity contribution in [3.8, 4) is 5.75 Å². The van der Waals surface area contributed by atoms with Crippen LogP contribution in [0.25, 0.3) is 10.8 Å². The van der Waals surface area contributed by atoms with Gasteiger partial charge >= 0.3 is 0 Å². The maximum absolute atomic E-state index is 15.6. The largest absolute Gasteiger partial charge is 0.539 e. The summed E-state index contributed by atoms with van der Waals surface area (Å²) in [4.78, 5) is 0. The van der Waals surface area contributed by atoms with Crippen LogP contribution in [-0.4, -0.2) is 24.5 Å². The summed E-state index contributed by atoms with van der Waals surface area (Å²) in [5.74, 6) is -11.4. The van der Waals surface area contributed by atoms with Crippen LogP contribution in [0.1, 0.15) is 60.3 Å². The van der Waals surface area contributed by atoms with Crippen LogP contribution >= 0.6 is 0 Å². The topological polar surface area (TPSA) is 9.23 Å². The number of benzene rings is 2. The first-order valence-corrected chi connectivity index (χ1v) is 23.8. The lowest BCUT2D eigenvalue weighted by molar-refractivity contribution is 0.406. The van der Waals surface area contributed by atoms with Gasteiger partial charge in [-0.15, -0.1) is 0 Å². The minimum Gasteiger partial charge on any atom is -0.539 e. The smallest absolute Gasteiger partial charge is 0.253 e. The second-order valence-corrected chi connectivity index (χ2v) is 28.8. The Kier molecular flexibility index (Phi) is 12.5. The molecule has 0 saturated carbocycles. The highest BCUT2D eigenvalue weighted by Gasteiger charge is 2.43. The van der Waals surface area contributed by atoms with Gasteiger partial charge in [0.25, 0.3) is 8.32 Å². The van der Waals surface area contributed by atoms with Crippen molar-refractivity contribution in [2.24, 2.45) is 0 Å². The second kappa shape index (κ2) is 14.3. The summed E-state index contributed by atoms with van der Waals surface area (Å²) in [5, 5.41) is -2.11. The van der Waals surface area contributed by atoms with Gasteiger partial charge in [-0.2, -0.15) is 4.39 Å². The molecule has 1 nitrogen and oxygen atoms in total. The van der Waals surface area contributed by atoms with E-state index in [9.17, 15) is 13.2 Å². The fourth-order valence-corrected chi connectivity index (χ4v) is 17.3. The molecule has 2 rings (SSSR count). The van der Waals surface area contributed by atoms with E-state index in [4.69, 9.17) is 4.43 Å². The Hall–Kier alpha value is -1.27. The summed E-state index contributed by atoms with van der Waals surface area (Å²) in [5.41, 5.74) is -0.0385. The third kappa shape index (κ3) is 7.96. The van der Waals surface area contributed by atoms with Crippen molar-refractivity contribution in [3.05, 3.63) is 41.0 Å². The van der Waals surface area contributed by atoms with Crippen molar-refractivity contribution >= 4 is 35.2 Å². The fourth-order valence-electron chi connectivity index (χ4n) is 5.77. The predicted molar refractivity (Wildman–Crippen MR) is 163 cm³/mol. The molecule has 10 heteroatoms. The Balaban J connectivity index is 2.40. The molecule has 0 aliphatic heterocycles. The Bertz CT molecular complexity index is 1140. The summed E-state index contributed by atoms with van der Waals surface area (Å²) >= 11 is 0. The van der Waals surface area contributed by atoms with E-state index in [1.165, 1.54) is 30.6 Å². The SMILES string of the molecule is CC[Si](CC)(CC)CCCCCC[Si](CC[Si](C)(C)C)(Oc1c(F)c(F)c2c(F)c(F)c(F)cc2c1F)C(C)C. The maximum atomic E-state index is 15.6. The van der Waals surface area contributed by atoms with Crippen molar-refractivity contribution in [3.63, 3.8) is 0 Å². The molecule has 0 saturated heterocycles. The maximum Gasteiger partial charge on any atom is 0.253 e. The Morgan fingerprint density at radius 2 is 1.18 bits per heavy atom. The average Bonchev–Trinajstić information content (AvgIpc) is 2.90. The molecule has 40 heavy (non-hydrogen) atoms. The lowest BCUT2D eigenvalue weighted by Gasteiger charge is -2.37. The van der Waals surface area contributed by atoms with E-state index in [2.05, 4.69) is 40.4 Å². The van der Waals surface area contributed by atoms with Crippen LogP contribution in [0.5, 0.6) is 5.75 Å². The van der Waals surface area contributed by atoms with Crippen molar-refractivity contribution in [1.82, 2.24) is 0 Å². The van der Waals surface area contributed by atoms with E-state index < -0.39 is 75.9 Å². The number of hydrogen-bond acceptors (Lipinski definition) is 1. The van der Waals surface area contributed by atoms with Gasteiger partial charge in [-0.1, -0.05) is 110 Å². The molecule has 0 aromatic heterocycles.